The highest BCUT2D eigenvalue weighted by molar-refractivity contribution is 7.18. The molecule has 1 amide bonds. The Labute approximate surface area is 145 Å². The van der Waals surface area contributed by atoms with Crippen molar-refractivity contribution in [2.24, 2.45) is 0 Å². The van der Waals surface area contributed by atoms with Gasteiger partial charge in [-0.15, -0.1) is 11.3 Å². The zero-order valence-electron chi connectivity index (χ0n) is 13.2. The maximum Gasteiger partial charge on any atom is 0.433 e. The van der Waals surface area contributed by atoms with E-state index in [0.717, 1.165) is 27.4 Å². The second kappa shape index (κ2) is 6.79. The number of aromatic nitrogens is 2. The van der Waals surface area contributed by atoms with Crippen molar-refractivity contribution in [3.63, 3.8) is 0 Å². The number of hydrogen-bond acceptors (Lipinski definition) is 4. The topological polar surface area (TPSA) is 54.9 Å². The quantitative estimate of drug-likeness (QED) is 0.761. The zero-order valence-corrected chi connectivity index (χ0v) is 14.0. The molecule has 0 spiro atoms. The van der Waals surface area contributed by atoms with Gasteiger partial charge in [0, 0.05) is 13.0 Å². The number of hydrogen-bond donors (Lipinski definition) is 1. The Kier molecular flexibility index (Phi) is 4.71. The predicted molar refractivity (Wildman–Crippen MR) is 89.6 cm³/mol. The van der Waals surface area contributed by atoms with Gasteiger partial charge in [-0.3, -0.25) is 4.79 Å². The first-order chi connectivity index (χ1) is 11.8. The monoisotopic (exact) mass is 365 g/mol. The number of carbonyl (C=O) groups excluding carboxylic acids is 1. The van der Waals surface area contributed by atoms with Crippen LogP contribution in [0.25, 0.3) is 10.2 Å². The first-order valence-corrected chi connectivity index (χ1v) is 8.34. The van der Waals surface area contributed by atoms with E-state index in [2.05, 4.69) is 15.3 Å². The predicted octanol–water partition coefficient (Wildman–Crippen LogP) is 3.99. The number of nitrogens with one attached hydrogen (secondary N) is 1. The molecule has 8 heteroatoms. The third-order valence-electron chi connectivity index (χ3n) is 3.58. The van der Waals surface area contributed by atoms with Crippen LogP contribution < -0.4 is 5.32 Å². The number of aryl methyl sites for hydroxylation is 1. The largest absolute Gasteiger partial charge is 0.433 e. The van der Waals surface area contributed by atoms with Gasteiger partial charge in [0.1, 0.15) is 5.69 Å². The molecule has 130 valence electrons. The first-order valence-electron chi connectivity index (χ1n) is 7.52. The number of benzene rings is 1. The van der Waals surface area contributed by atoms with Gasteiger partial charge in [0.25, 0.3) is 5.91 Å². The summed E-state index contributed by atoms with van der Waals surface area (Å²) in [5, 5.41) is 3.59. The summed E-state index contributed by atoms with van der Waals surface area (Å²) in [5.74, 6) is -0.445. The third-order valence-corrected chi connectivity index (χ3v) is 4.68. The number of pyridine rings is 1. The molecule has 3 aromatic rings. The van der Waals surface area contributed by atoms with Crippen molar-refractivity contribution >= 4 is 27.5 Å². The normalized spacial score (nSPS) is 11.7. The van der Waals surface area contributed by atoms with Crippen LogP contribution in [0.1, 0.15) is 26.8 Å². The van der Waals surface area contributed by atoms with Crippen LogP contribution in [-0.2, 0) is 12.6 Å². The standard InChI is InChI=1S/C17H14F3N3OS/c1-10-11(6-7-14(22-10)17(18,19)20)16(24)21-9-8-15-23-12-4-2-3-5-13(12)25-15/h2-7H,8-9H2,1H3,(H,21,24). The van der Waals surface area contributed by atoms with Gasteiger partial charge in [-0.2, -0.15) is 13.2 Å². The summed E-state index contributed by atoms with van der Waals surface area (Å²) in [6.45, 7) is 1.73. The number of amides is 1. The van der Waals surface area contributed by atoms with Gasteiger partial charge in [0.2, 0.25) is 0 Å². The van der Waals surface area contributed by atoms with Gasteiger partial charge in [-0.25, -0.2) is 9.97 Å². The van der Waals surface area contributed by atoms with Gasteiger partial charge in [-0.1, -0.05) is 12.1 Å². The number of fused-ring (bicyclic) bond motifs is 1. The molecule has 0 radical (unpaired) electrons. The van der Waals surface area contributed by atoms with E-state index in [0.29, 0.717) is 13.0 Å². The van der Waals surface area contributed by atoms with Crippen molar-refractivity contribution in [3.05, 3.63) is 58.4 Å². The van der Waals surface area contributed by atoms with Gasteiger partial charge >= 0.3 is 6.18 Å². The number of carbonyl (C=O) groups is 1. The summed E-state index contributed by atoms with van der Waals surface area (Å²) in [5.41, 5.74) is 0.0947. The minimum atomic E-state index is -4.52. The molecular formula is C17H14F3N3OS. The van der Waals surface area contributed by atoms with Crippen LogP contribution in [0.15, 0.2) is 36.4 Å². The number of nitrogens with zero attached hydrogens (tertiary/aromatic N) is 2. The maximum atomic E-state index is 12.6. The molecule has 0 atom stereocenters. The zero-order chi connectivity index (χ0) is 18.0. The molecular weight excluding hydrogens is 351 g/mol. The van der Waals surface area contributed by atoms with Crippen molar-refractivity contribution in [2.75, 3.05) is 6.54 Å². The van der Waals surface area contributed by atoms with Crippen LogP contribution in [0.4, 0.5) is 13.2 Å². The molecule has 0 aliphatic carbocycles. The highest BCUT2D eigenvalue weighted by Crippen LogP contribution is 2.28. The van der Waals surface area contributed by atoms with E-state index in [1.165, 1.54) is 6.92 Å². The highest BCUT2D eigenvalue weighted by atomic mass is 32.1. The molecule has 0 aliphatic rings. The second-order valence-corrected chi connectivity index (χ2v) is 6.52. The Morgan fingerprint density at radius 1 is 1.16 bits per heavy atom. The Balaban J connectivity index is 1.62. The lowest BCUT2D eigenvalue weighted by atomic mass is 10.1. The lowest BCUT2D eigenvalue weighted by Gasteiger charge is -2.10. The average molecular weight is 365 g/mol. The van der Waals surface area contributed by atoms with Crippen molar-refractivity contribution in [1.82, 2.24) is 15.3 Å². The Morgan fingerprint density at radius 2 is 1.92 bits per heavy atom. The van der Waals surface area contributed by atoms with E-state index in [1.807, 2.05) is 24.3 Å². The van der Waals surface area contributed by atoms with Crippen molar-refractivity contribution in [3.8, 4) is 0 Å². The van der Waals surface area contributed by atoms with E-state index in [9.17, 15) is 18.0 Å². The molecule has 0 unspecified atom stereocenters. The minimum Gasteiger partial charge on any atom is -0.352 e. The van der Waals surface area contributed by atoms with Crippen LogP contribution in [0.3, 0.4) is 0 Å². The minimum absolute atomic E-state index is 0.0484. The molecule has 0 fully saturated rings. The van der Waals surface area contributed by atoms with Crippen LogP contribution >= 0.6 is 11.3 Å². The van der Waals surface area contributed by atoms with Gasteiger partial charge in [-0.05, 0) is 31.2 Å². The van der Waals surface area contributed by atoms with Crippen LogP contribution in [0.5, 0.6) is 0 Å². The lowest BCUT2D eigenvalue weighted by Crippen LogP contribution is -2.27. The first kappa shape index (κ1) is 17.3. The highest BCUT2D eigenvalue weighted by Gasteiger charge is 2.33. The summed E-state index contributed by atoms with van der Waals surface area (Å²) < 4.78 is 38.9. The van der Waals surface area contributed by atoms with E-state index < -0.39 is 17.8 Å². The number of para-hydroxylation sites is 1. The van der Waals surface area contributed by atoms with Gasteiger partial charge in [0.05, 0.1) is 26.5 Å². The Morgan fingerprint density at radius 3 is 2.60 bits per heavy atom. The lowest BCUT2D eigenvalue weighted by molar-refractivity contribution is -0.141. The Bertz CT molecular complexity index is 888. The summed E-state index contributed by atoms with van der Waals surface area (Å²) in [7, 11) is 0. The molecule has 4 nitrogen and oxygen atoms in total. The number of thiazole rings is 1. The molecule has 0 saturated carbocycles. The molecule has 2 aromatic heterocycles. The van der Waals surface area contributed by atoms with Crippen molar-refractivity contribution in [2.45, 2.75) is 19.5 Å². The van der Waals surface area contributed by atoms with Crippen LogP contribution in [0.2, 0.25) is 0 Å². The fourth-order valence-electron chi connectivity index (χ4n) is 2.36. The molecule has 1 aromatic carbocycles. The molecule has 0 saturated heterocycles. The Hall–Kier alpha value is -2.48. The number of rotatable bonds is 4. The molecule has 0 bridgehead atoms. The molecule has 25 heavy (non-hydrogen) atoms. The second-order valence-electron chi connectivity index (χ2n) is 5.41. The van der Waals surface area contributed by atoms with Crippen molar-refractivity contribution in [1.29, 1.82) is 0 Å². The average Bonchev–Trinajstić information content (AvgIpc) is 2.96. The fraction of sp³-hybridized carbons (Fsp3) is 0.235. The van der Waals surface area contributed by atoms with E-state index in [-0.39, 0.29) is 11.3 Å². The molecule has 0 aliphatic heterocycles. The number of halogens is 3. The number of alkyl halides is 3. The fourth-order valence-corrected chi connectivity index (χ4v) is 3.33. The summed E-state index contributed by atoms with van der Waals surface area (Å²) >= 11 is 1.55. The third kappa shape index (κ3) is 3.96. The van der Waals surface area contributed by atoms with Gasteiger partial charge < -0.3 is 5.32 Å². The summed E-state index contributed by atoms with van der Waals surface area (Å²) in [4.78, 5) is 20.1. The van der Waals surface area contributed by atoms with Gasteiger partial charge in [0.15, 0.2) is 0 Å². The van der Waals surface area contributed by atoms with Crippen LogP contribution in [0, 0.1) is 6.92 Å². The van der Waals surface area contributed by atoms with E-state index in [1.54, 1.807) is 11.3 Å². The summed E-state index contributed by atoms with van der Waals surface area (Å²) in [6, 6.07) is 9.71. The summed E-state index contributed by atoms with van der Waals surface area (Å²) in [6.07, 6.45) is -3.97. The maximum absolute atomic E-state index is 12.6. The molecule has 2 heterocycles. The van der Waals surface area contributed by atoms with Crippen LogP contribution in [-0.4, -0.2) is 22.4 Å². The molecule has 1 N–H and O–H groups in total. The SMILES string of the molecule is Cc1nc(C(F)(F)F)ccc1C(=O)NCCc1nc2ccccc2s1. The van der Waals surface area contributed by atoms with Crippen molar-refractivity contribution < 1.29 is 18.0 Å². The van der Waals surface area contributed by atoms with E-state index in [4.69, 9.17) is 0 Å². The van der Waals surface area contributed by atoms with E-state index >= 15 is 0 Å². The molecule has 3 rings (SSSR count). The smallest absolute Gasteiger partial charge is 0.352 e.